The summed E-state index contributed by atoms with van der Waals surface area (Å²) in [5.74, 6) is 0.177. The van der Waals surface area contributed by atoms with Crippen molar-refractivity contribution in [1.82, 2.24) is 4.90 Å². The summed E-state index contributed by atoms with van der Waals surface area (Å²) in [5, 5.41) is 0.839. The monoisotopic (exact) mass is 310 g/mol. The number of hydrogen-bond donors (Lipinski definition) is 0. The van der Waals surface area contributed by atoms with E-state index in [9.17, 15) is 9.59 Å². The zero-order valence-corrected chi connectivity index (χ0v) is 12.1. The molecule has 4 rings (SSSR count). The van der Waals surface area contributed by atoms with Crippen molar-refractivity contribution in [2.45, 2.75) is 31.3 Å². The van der Waals surface area contributed by atoms with Gasteiger partial charge in [0.05, 0.1) is 5.69 Å². The van der Waals surface area contributed by atoms with E-state index in [4.69, 9.17) is 23.2 Å². The fourth-order valence-electron chi connectivity index (χ4n) is 3.83. The van der Waals surface area contributed by atoms with E-state index in [1.807, 2.05) is 0 Å². The van der Waals surface area contributed by atoms with Gasteiger partial charge in [-0.15, -0.1) is 0 Å². The first-order valence-corrected chi connectivity index (χ1v) is 7.44. The van der Waals surface area contributed by atoms with Crippen molar-refractivity contribution in [3.63, 3.8) is 0 Å². The summed E-state index contributed by atoms with van der Waals surface area (Å²) in [7, 11) is 0. The Hall–Kier alpha value is -1.26. The van der Waals surface area contributed by atoms with Crippen molar-refractivity contribution in [3.8, 4) is 0 Å². The molecule has 3 aliphatic rings. The first-order chi connectivity index (χ1) is 9.56. The van der Waals surface area contributed by atoms with Crippen LogP contribution in [0.2, 0.25) is 10.0 Å². The van der Waals surface area contributed by atoms with Crippen molar-refractivity contribution in [2.24, 2.45) is 5.92 Å². The van der Waals surface area contributed by atoms with Crippen LogP contribution in [0.15, 0.2) is 18.2 Å². The van der Waals surface area contributed by atoms with Crippen molar-refractivity contribution in [2.75, 3.05) is 4.90 Å². The number of benzene rings is 1. The number of urea groups is 1. The maximum atomic E-state index is 12.6. The lowest BCUT2D eigenvalue weighted by Crippen LogP contribution is -2.40. The number of nitrogens with zero attached hydrogens (tertiary/aromatic N) is 2. The number of fused-ring (bicyclic) bond motifs is 5. The van der Waals surface area contributed by atoms with Crippen LogP contribution in [0.5, 0.6) is 0 Å². The lowest BCUT2D eigenvalue weighted by Gasteiger charge is -2.25. The molecule has 2 unspecified atom stereocenters. The van der Waals surface area contributed by atoms with Gasteiger partial charge in [0.1, 0.15) is 6.04 Å². The van der Waals surface area contributed by atoms with Crippen molar-refractivity contribution in [1.29, 1.82) is 0 Å². The molecule has 1 saturated carbocycles. The van der Waals surface area contributed by atoms with Crippen LogP contribution in [0.1, 0.15) is 19.3 Å². The number of halogens is 2. The number of carbonyl (C=O) groups is 2. The molecule has 6 heteroatoms. The molecule has 0 aromatic heterocycles. The number of imide groups is 1. The van der Waals surface area contributed by atoms with Gasteiger partial charge < -0.3 is 4.90 Å². The minimum atomic E-state index is -0.279. The van der Waals surface area contributed by atoms with Gasteiger partial charge in [-0.3, -0.25) is 4.79 Å². The lowest BCUT2D eigenvalue weighted by atomic mass is 9.99. The standard InChI is InChI=1S/C14H12Cl2N2O2/c15-8-4-9(16)6-11(5-8)18-13(19)12-7-1-2-10(3-7)17(12)14(18)20/h4-7,10,12H,1-3H2/t7?,10?,12-/m1/s1. The van der Waals surface area contributed by atoms with E-state index >= 15 is 0 Å². The SMILES string of the molecule is O=C1[C@H]2C3CCC(C3)N2C(=O)N1c1cc(Cl)cc(Cl)c1. The third-order valence-corrected chi connectivity index (χ3v) is 5.01. The third kappa shape index (κ3) is 1.55. The average molecular weight is 311 g/mol. The summed E-state index contributed by atoms with van der Waals surface area (Å²) in [6, 6.07) is 4.51. The van der Waals surface area contributed by atoms with E-state index < -0.39 is 0 Å². The second-order valence-corrected chi connectivity index (χ2v) is 6.54. The van der Waals surface area contributed by atoms with Crippen LogP contribution in [0.3, 0.4) is 0 Å². The van der Waals surface area contributed by atoms with E-state index in [-0.39, 0.29) is 24.0 Å². The van der Waals surface area contributed by atoms with E-state index in [0.717, 1.165) is 19.3 Å². The molecule has 2 saturated heterocycles. The van der Waals surface area contributed by atoms with Crippen molar-refractivity contribution >= 4 is 40.8 Å². The average Bonchev–Trinajstić information content (AvgIpc) is 3.02. The summed E-state index contributed by atoms with van der Waals surface area (Å²) in [5.41, 5.74) is 0.464. The maximum Gasteiger partial charge on any atom is 0.332 e. The van der Waals surface area contributed by atoms with Crippen molar-refractivity contribution in [3.05, 3.63) is 28.2 Å². The number of piperidine rings is 1. The second-order valence-electron chi connectivity index (χ2n) is 5.66. The van der Waals surface area contributed by atoms with Gasteiger partial charge in [-0.1, -0.05) is 23.2 Å². The number of carbonyl (C=O) groups excluding carboxylic acids is 2. The minimum absolute atomic E-state index is 0.138. The summed E-state index contributed by atoms with van der Waals surface area (Å²) in [4.78, 5) is 28.1. The third-order valence-electron chi connectivity index (χ3n) is 4.58. The van der Waals surface area contributed by atoms with Crippen LogP contribution in [-0.4, -0.2) is 28.9 Å². The summed E-state index contributed by atoms with van der Waals surface area (Å²) in [6.07, 6.45) is 3.01. The summed E-state index contributed by atoms with van der Waals surface area (Å²) in [6.45, 7) is 0. The topological polar surface area (TPSA) is 40.6 Å². The van der Waals surface area contributed by atoms with Crippen LogP contribution in [0.4, 0.5) is 10.5 Å². The molecule has 104 valence electrons. The van der Waals surface area contributed by atoms with Gasteiger partial charge in [0.2, 0.25) is 0 Å². The van der Waals surface area contributed by atoms with Crippen LogP contribution >= 0.6 is 23.2 Å². The zero-order valence-electron chi connectivity index (χ0n) is 10.6. The molecule has 1 aromatic rings. The van der Waals surface area contributed by atoms with Crippen LogP contribution in [0.25, 0.3) is 0 Å². The summed E-state index contributed by atoms with van der Waals surface area (Å²) < 4.78 is 0. The first kappa shape index (κ1) is 12.5. The largest absolute Gasteiger partial charge is 0.332 e. The highest BCUT2D eigenvalue weighted by Gasteiger charge is 2.59. The van der Waals surface area contributed by atoms with Gasteiger partial charge in [-0.25, -0.2) is 9.69 Å². The summed E-state index contributed by atoms with van der Waals surface area (Å²) >= 11 is 11.9. The Balaban J connectivity index is 1.76. The minimum Gasteiger partial charge on any atom is -0.309 e. The van der Waals surface area contributed by atoms with Crippen LogP contribution < -0.4 is 4.90 Å². The van der Waals surface area contributed by atoms with E-state index in [1.54, 1.807) is 23.1 Å². The van der Waals surface area contributed by atoms with Gasteiger partial charge in [-0.2, -0.15) is 0 Å². The van der Waals surface area contributed by atoms with E-state index in [1.165, 1.54) is 4.90 Å². The number of hydrogen-bond acceptors (Lipinski definition) is 2. The van der Waals surface area contributed by atoms with E-state index in [0.29, 0.717) is 21.7 Å². The fraction of sp³-hybridized carbons (Fsp3) is 0.429. The fourth-order valence-corrected chi connectivity index (χ4v) is 4.34. The highest BCUT2D eigenvalue weighted by atomic mass is 35.5. The molecule has 20 heavy (non-hydrogen) atoms. The van der Waals surface area contributed by atoms with Gasteiger partial charge >= 0.3 is 6.03 Å². The van der Waals surface area contributed by atoms with Gasteiger partial charge in [0.25, 0.3) is 5.91 Å². The Bertz CT molecular complexity index is 585. The molecule has 3 amide bonds. The molecule has 2 heterocycles. The molecule has 2 bridgehead atoms. The van der Waals surface area contributed by atoms with Crippen LogP contribution in [0, 0.1) is 5.92 Å². The smallest absolute Gasteiger partial charge is 0.309 e. The van der Waals surface area contributed by atoms with Gasteiger partial charge in [0.15, 0.2) is 0 Å². The maximum absolute atomic E-state index is 12.6. The molecule has 1 aromatic carbocycles. The molecule has 4 nitrogen and oxygen atoms in total. The normalized spacial score (nSPS) is 31.4. The molecule has 0 N–H and O–H groups in total. The number of anilines is 1. The van der Waals surface area contributed by atoms with Gasteiger partial charge in [0, 0.05) is 16.1 Å². The second kappa shape index (κ2) is 4.12. The lowest BCUT2D eigenvalue weighted by molar-refractivity contribution is -0.120. The molecule has 3 atom stereocenters. The molecule has 0 radical (unpaired) electrons. The Labute approximate surface area is 126 Å². The quantitative estimate of drug-likeness (QED) is 0.747. The first-order valence-electron chi connectivity index (χ1n) is 6.68. The highest BCUT2D eigenvalue weighted by molar-refractivity contribution is 6.35. The van der Waals surface area contributed by atoms with E-state index in [2.05, 4.69) is 0 Å². The Morgan fingerprint density at radius 1 is 1.05 bits per heavy atom. The Morgan fingerprint density at radius 3 is 2.40 bits per heavy atom. The Morgan fingerprint density at radius 2 is 1.75 bits per heavy atom. The van der Waals surface area contributed by atoms with Crippen molar-refractivity contribution < 1.29 is 9.59 Å². The Kier molecular flexibility index (Phi) is 2.57. The predicted molar refractivity (Wildman–Crippen MR) is 76.1 cm³/mol. The number of rotatable bonds is 1. The molecule has 1 aliphatic carbocycles. The molecular weight excluding hydrogens is 299 g/mol. The zero-order chi connectivity index (χ0) is 14.0. The highest BCUT2D eigenvalue weighted by Crippen LogP contribution is 2.47. The van der Waals surface area contributed by atoms with Crippen LogP contribution in [-0.2, 0) is 4.79 Å². The molecule has 2 aliphatic heterocycles. The number of amides is 3. The molecule has 0 spiro atoms. The molecule has 3 fully saturated rings. The predicted octanol–water partition coefficient (Wildman–Crippen LogP) is 3.31. The van der Waals surface area contributed by atoms with Gasteiger partial charge in [-0.05, 0) is 43.4 Å². The molecular formula is C14H12Cl2N2O2.